The average Bonchev–Trinajstić information content (AvgIpc) is 2.80. The molecule has 1 saturated carbocycles. The molecule has 0 heterocycles. The van der Waals surface area contributed by atoms with Crippen LogP contribution in [-0.4, -0.2) is 18.9 Å². The van der Waals surface area contributed by atoms with Crippen LogP contribution >= 0.6 is 0 Å². The van der Waals surface area contributed by atoms with Gasteiger partial charge in [0.15, 0.2) is 5.78 Å². The highest BCUT2D eigenvalue weighted by Gasteiger charge is 2.23. The van der Waals surface area contributed by atoms with Gasteiger partial charge in [0.05, 0.1) is 11.3 Å². The molecule has 1 aromatic carbocycles. The lowest BCUT2D eigenvalue weighted by atomic mass is 10.1. The van der Waals surface area contributed by atoms with Crippen molar-refractivity contribution in [2.75, 3.05) is 11.9 Å². The normalized spacial score (nSPS) is 16.2. The number of Topliss-reactive ketones (excluding diaryl/α,β-unsaturated/α-hetero) is 1. The van der Waals surface area contributed by atoms with E-state index in [1.165, 1.54) is 25.8 Å². The van der Waals surface area contributed by atoms with Crippen molar-refractivity contribution >= 4 is 11.5 Å². The van der Waals surface area contributed by atoms with E-state index in [4.69, 9.17) is 0 Å². The number of carbonyl (C=O) groups is 1. The summed E-state index contributed by atoms with van der Waals surface area (Å²) in [6.45, 7) is 1.42. The summed E-state index contributed by atoms with van der Waals surface area (Å²) in [6, 6.07) is 5.29. The Morgan fingerprint density at radius 3 is 2.59 bits per heavy atom. The van der Waals surface area contributed by atoms with Crippen LogP contribution in [0.5, 0.6) is 0 Å². The molecule has 2 nitrogen and oxygen atoms in total. The lowest BCUT2D eigenvalue weighted by Gasteiger charge is -2.28. The predicted molar refractivity (Wildman–Crippen MR) is 67.1 cm³/mol. The van der Waals surface area contributed by atoms with Crippen molar-refractivity contribution in [3.8, 4) is 0 Å². The van der Waals surface area contributed by atoms with Crippen molar-refractivity contribution < 1.29 is 9.18 Å². The van der Waals surface area contributed by atoms with Crippen LogP contribution in [-0.2, 0) is 0 Å². The van der Waals surface area contributed by atoms with E-state index in [-0.39, 0.29) is 11.3 Å². The summed E-state index contributed by atoms with van der Waals surface area (Å²) in [4.78, 5) is 13.6. The number of rotatable bonds is 3. The summed E-state index contributed by atoms with van der Waals surface area (Å²) >= 11 is 0. The van der Waals surface area contributed by atoms with E-state index in [9.17, 15) is 9.18 Å². The number of ketones is 1. The van der Waals surface area contributed by atoms with Gasteiger partial charge in [-0.2, -0.15) is 0 Å². The zero-order valence-corrected chi connectivity index (χ0v) is 10.4. The minimum absolute atomic E-state index is 0.206. The predicted octanol–water partition coefficient (Wildman–Crippen LogP) is 3.41. The minimum Gasteiger partial charge on any atom is -0.371 e. The Kier molecular flexibility index (Phi) is 3.46. The van der Waals surface area contributed by atoms with Crippen molar-refractivity contribution in [3.05, 3.63) is 29.6 Å². The molecule has 3 heteroatoms. The maximum absolute atomic E-state index is 13.7. The summed E-state index contributed by atoms with van der Waals surface area (Å²) in [6.07, 6.45) is 4.70. The van der Waals surface area contributed by atoms with Gasteiger partial charge in [-0.3, -0.25) is 4.79 Å². The number of hydrogen-bond donors (Lipinski definition) is 0. The van der Waals surface area contributed by atoms with Crippen LogP contribution < -0.4 is 4.90 Å². The molecule has 0 amide bonds. The van der Waals surface area contributed by atoms with Crippen molar-refractivity contribution in [3.63, 3.8) is 0 Å². The zero-order chi connectivity index (χ0) is 12.4. The Labute approximate surface area is 101 Å². The fourth-order valence-corrected chi connectivity index (χ4v) is 2.64. The molecule has 0 atom stereocenters. The molecule has 1 fully saturated rings. The number of nitrogens with zero attached hydrogens (tertiary/aromatic N) is 1. The molecule has 0 saturated heterocycles. The second kappa shape index (κ2) is 4.86. The topological polar surface area (TPSA) is 20.3 Å². The quantitative estimate of drug-likeness (QED) is 0.748. The second-order valence-electron chi connectivity index (χ2n) is 4.74. The van der Waals surface area contributed by atoms with E-state index in [0.29, 0.717) is 6.04 Å². The highest BCUT2D eigenvalue weighted by molar-refractivity contribution is 6.00. The second-order valence-corrected chi connectivity index (χ2v) is 4.74. The molecule has 1 aliphatic rings. The van der Waals surface area contributed by atoms with Crippen LogP contribution in [0.1, 0.15) is 43.0 Å². The van der Waals surface area contributed by atoms with Crippen molar-refractivity contribution in [1.29, 1.82) is 0 Å². The summed E-state index contributed by atoms with van der Waals surface area (Å²) in [5.41, 5.74) is 0.950. The summed E-state index contributed by atoms with van der Waals surface area (Å²) in [5, 5.41) is 0. The van der Waals surface area contributed by atoms with Crippen molar-refractivity contribution in [1.82, 2.24) is 0 Å². The Balaban J connectivity index is 2.36. The summed E-state index contributed by atoms with van der Waals surface area (Å²) in [7, 11) is 1.96. The van der Waals surface area contributed by atoms with E-state index >= 15 is 0 Å². The largest absolute Gasteiger partial charge is 0.371 e. The maximum Gasteiger partial charge on any atom is 0.164 e. The van der Waals surface area contributed by atoms with Gasteiger partial charge in [0.25, 0.3) is 0 Å². The molecule has 17 heavy (non-hydrogen) atoms. The Morgan fingerprint density at radius 2 is 2.00 bits per heavy atom. The lowest BCUT2D eigenvalue weighted by Crippen LogP contribution is -2.30. The van der Waals surface area contributed by atoms with Crippen LogP contribution in [0.2, 0.25) is 0 Å². The molecule has 2 rings (SSSR count). The molecular formula is C14H18FNO. The number of carbonyl (C=O) groups excluding carboxylic acids is 1. The van der Waals surface area contributed by atoms with Gasteiger partial charge in [-0.05, 0) is 31.9 Å². The van der Waals surface area contributed by atoms with Gasteiger partial charge in [-0.1, -0.05) is 18.9 Å². The Bertz CT molecular complexity index is 424. The zero-order valence-electron chi connectivity index (χ0n) is 10.4. The van der Waals surface area contributed by atoms with E-state index < -0.39 is 5.82 Å². The standard InChI is InChI=1S/C14H18FNO/c1-10(17)14-12(15)8-5-9-13(14)16(2)11-6-3-4-7-11/h5,8-9,11H,3-4,6-7H2,1-2H3. The van der Waals surface area contributed by atoms with Gasteiger partial charge in [0.1, 0.15) is 5.82 Å². The molecule has 0 unspecified atom stereocenters. The molecular weight excluding hydrogens is 217 g/mol. The highest BCUT2D eigenvalue weighted by atomic mass is 19.1. The molecule has 0 aliphatic heterocycles. The molecule has 0 aromatic heterocycles. The molecule has 0 N–H and O–H groups in total. The fraction of sp³-hybridized carbons (Fsp3) is 0.500. The first-order valence-corrected chi connectivity index (χ1v) is 6.13. The third kappa shape index (κ3) is 2.33. The third-order valence-corrected chi connectivity index (χ3v) is 3.60. The number of anilines is 1. The number of benzene rings is 1. The van der Waals surface area contributed by atoms with E-state index in [1.54, 1.807) is 6.07 Å². The number of hydrogen-bond acceptors (Lipinski definition) is 2. The van der Waals surface area contributed by atoms with E-state index in [2.05, 4.69) is 4.90 Å². The smallest absolute Gasteiger partial charge is 0.164 e. The van der Waals surface area contributed by atoms with Gasteiger partial charge in [0, 0.05) is 13.1 Å². The average molecular weight is 235 g/mol. The summed E-state index contributed by atoms with van der Waals surface area (Å²) in [5.74, 6) is -0.622. The van der Waals surface area contributed by atoms with Crippen molar-refractivity contribution in [2.45, 2.75) is 38.6 Å². The van der Waals surface area contributed by atoms with Crippen LogP contribution in [0.15, 0.2) is 18.2 Å². The molecule has 1 aliphatic carbocycles. The lowest BCUT2D eigenvalue weighted by molar-refractivity contribution is 0.101. The molecule has 0 radical (unpaired) electrons. The molecule has 1 aromatic rings. The Hall–Kier alpha value is -1.38. The monoisotopic (exact) mass is 235 g/mol. The van der Waals surface area contributed by atoms with Crippen LogP contribution in [0, 0.1) is 5.82 Å². The van der Waals surface area contributed by atoms with Crippen LogP contribution in [0.3, 0.4) is 0 Å². The highest BCUT2D eigenvalue weighted by Crippen LogP contribution is 2.30. The first-order chi connectivity index (χ1) is 8.11. The molecule has 0 bridgehead atoms. The Morgan fingerprint density at radius 1 is 1.35 bits per heavy atom. The van der Waals surface area contributed by atoms with Gasteiger partial charge in [0.2, 0.25) is 0 Å². The van der Waals surface area contributed by atoms with Crippen LogP contribution in [0.25, 0.3) is 0 Å². The summed E-state index contributed by atoms with van der Waals surface area (Å²) < 4.78 is 13.7. The van der Waals surface area contributed by atoms with Gasteiger partial charge >= 0.3 is 0 Å². The number of halogens is 1. The van der Waals surface area contributed by atoms with E-state index in [0.717, 1.165) is 18.5 Å². The SMILES string of the molecule is CC(=O)c1c(F)cccc1N(C)C1CCCC1. The van der Waals surface area contributed by atoms with Gasteiger partial charge in [-0.15, -0.1) is 0 Å². The first kappa shape index (κ1) is 12.1. The minimum atomic E-state index is -0.417. The molecule has 92 valence electrons. The van der Waals surface area contributed by atoms with Crippen LogP contribution in [0.4, 0.5) is 10.1 Å². The molecule has 0 spiro atoms. The van der Waals surface area contributed by atoms with Gasteiger partial charge in [-0.25, -0.2) is 4.39 Å². The third-order valence-electron chi connectivity index (χ3n) is 3.60. The van der Waals surface area contributed by atoms with E-state index in [1.807, 2.05) is 13.1 Å². The first-order valence-electron chi connectivity index (χ1n) is 6.13. The van der Waals surface area contributed by atoms with Gasteiger partial charge < -0.3 is 4.90 Å². The maximum atomic E-state index is 13.7. The fourth-order valence-electron chi connectivity index (χ4n) is 2.64. The van der Waals surface area contributed by atoms with Crippen molar-refractivity contribution in [2.24, 2.45) is 0 Å².